The SMILES string of the molecule is CC(C)CN(C(=O)c1cccc(CCN)c1)C1CC1. The molecule has 0 radical (unpaired) electrons. The van der Waals surface area contributed by atoms with Crippen LogP contribution in [0.2, 0.25) is 0 Å². The molecule has 0 aliphatic heterocycles. The van der Waals surface area contributed by atoms with E-state index in [-0.39, 0.29) is 5.91 Å². The summed E-state index contributed by atoms with van der Waals surface area (Å²) in [7, 11) is 0. The fraction of sp³-hybridized carbons (Fsp3) is 0.562. The molecule has 1 aliphatic rings. The average molecular weight is 260 g/mol. The Morgan fingerprint density at radius 1 is 1.42 bits per heavy atom. The minimum atomic E-state index is 0.176. The molecule has 3 nitrogen and oxygen atoms in total. The van der Waals surface area contributed by atoms with Gasteiger partial charge in [-0.3, -0.25) is 4.79 Å². The van der Waals surface area contributed by atoms with E-state index in [1.54, 1.807) is 0 Å². The van der Waals surface area contributed by atoms with Gasteiger partial charge in [0, 0.05) is 18.2 Å². The van der Waals surface area contributed by atoms with E-state index in [2.05, 4.69) is 13.8 Å². The largest absolute Gasteiger partial charge is 0.335 e. The molecule has 3 heteroatoms. The van der Waals surface area contributed by atoms with E-state index in [0.717, 1.165) is 36.9 Å². The first-order valence-electron chi connectivity index (χ1n) is 7.21. The Labute approximate surface area is 115 Å². The second-order valence-electron chi connectivity index (χ2n) is 5.82. The van der Waals surface area contributed by atoms with Gasteiger partial charge in [0.2, 0.25) is 0 Å². The smallest absolute Gasteiger partial charge is 0.254 e. The molecule has 0 spiro atoms. The fourth-order valence-corrected chi connectivity index (χ4v) is 2.37. The topological polar surface area (TPSA) is 46.3 Å². The summed E-state index contributed by atoms with van der Waals surface area (Å²) < 4.78 is 0. The highest BCUT2D eigenvalue weighted by molar-refractivity contribution is 5.94. The van der Waals surface area contributed by atoms with Crippen LogP contribution in [0, 0.1) is 5.92 Å². The van der Waals surface area contributed by atoms with E-state index < -0.39 is 0 Å². The number of hydrogen-bond acceptors (Lipinski definition) is 2. The molecule has 1 aromatic carbocycles. The first-order valence-corrected chi connectivity index (χ1v) is 7.21. The zero-order valence-corrected chi connectivity index (χ0v) is 11.9. The van der Waals surface area contributed by atoms with Crippen LogP contribution in [0.3, 0.4) is 0 Å². The molecular formula is C16H24N2O. The van der Waals surface area contributed by atoms with E-state index >= 15 is 0 Å². The van der Waals surface area contributed by atoms with Gasteiger partial charge in [-0.1, -0.05) is 26.0 Å². The van der Waals surface area contributed by atoms with Gasteiger partial charge in [0.15, 0.2) is 0 Å². The van der Waals surface area contributed by atoms with Crippen LogP contribution < -0.4 is 5.73 Å². The van der Waals surface area contributed by atoms with Crippen LogP contribution in [0.4, 0.5) is 0 Å². The lowest BCUT2D eigenvalue weighted by Gasteiger charge is -2.24. The molecular weight excluding hydrogens is 236 g/mol. The van der Waals surface area contributed by atoms with Crippen molar-refractivity contribution >= 4 is 5.91 Å². The zero-order valence-electron chi connectivity index (χ0n) is 11.9. The molecule has 1 aromatic rings. The van der Waals surface area contributed by atoms with Crippen LogP contribution in [0.25, 0.3) is 0 Å². The van der Waals surface area contributed by atoms with Crippen molar-refractivity contribution in [3.8, 4) is 0 Å². The van der Waals surface area contributed by atoms with Crippen molar-refractivity contribution in [3.05, 3.63) is 35.4 Å². The highest BCUT2D eigenvalue weighted by Crippen LogP contribution is 2.29. The molecule has 0 unspecified atom stereocenters. The number of nitrogens with zero attached hydrogens (tertiary/aromatic N) is 1. The Morgan fingerprint density at radius 3 is 2.74 bits per heavy atom. The molecule has 1 saturated carbocycles. The van der Waals surface area contributed by atoms with Gasteiger partial charge >= 0.3 is 0 Å². The first-order chi connectivity index (χ1) is 9.11. The van der Waals surface area contributed by atoms with E-state index in [1.807, 2.05) is 29.2 Å². The van der Waals surface area contributed by atoms with Gasteiger partial charge in [-0.05, 0) is 49.4 Å². The zero-order chi connectivity index (χ0) is 13.8. The summed E-state index contributed by atoms with van der Waals surface area (Å²) >= 11 is 0. The molecule has 2 rings (SSSR count). The molecule has 0 saturated heterocycles. The summed E-state index contributed by atoms with van der Waals surface area (Å²) in [6.45, 7) is 5.79. The van der Waals surface area contributed by atoms with Gasteiger partial charge in [-0.15, -0.1) is 0 Å². The highest BCUT2D eigenvalue weighted by Gasteiger charge is 2.33. The molecule has 1 amide bonds. The van der Waals surface area contributed by atoms with Crippen molar-refractivity contribution in [1.29, 1.82) is 0 Å². The molecule has 0 atom stereocenters. The van der Waals surface area contributed by atoms with Gasteiger partial charge in [-0.2, -0.15) is 0 Å². The normalized spacial score (nSPS) is 14.7. The highest BCUT2D eigenvalue weighted by atomic mass is 16.2. The Hall–Kier alpha value is -1.35. The molecule has 0 aromatic heterocycles. The number of amides is 1. The second kappa shape index (κ2) is 6.20. The van der Waals surface area contributed by atoms with Crippen LogP contribution >= 0.6 is 0 Å². The number of nitrogens with two attached hydrogens (primary N) is 1. The summed E-state index contributed by atoms with van der Waals surface area (Å²) in [6.07, 6.45) is 3.14. The van der Waals surface area contributed by atoms with Gasteiger partial charge in [-0.25, -0.2) is 0 Å². The van der Waals surface area contributed by atoms with Crippen molar-refractivity contribution in [1.82, 2.24) is 4.90 Å². The van der Waals surface area contributed by atoms with Crippen LogP contribution in [0.1, 0.15) is 42.6 Å². The molecule has 0 bridgehead atoms. The molecule has 1 aliphatic carbocycles. The molecule has 0 heterocycles. The van der Waals surface area contributed by atoms with Crippen molar-refractivity contribution < 1.29 is 4.79 Å². The molecule has 1 fully saturated rings. The lowest BCUT2D eigenvalue weighted by Crippen LogP contribution is -2.36. The summed E-state index contributed by atoms with van der Waals surface area (Å²) in [5.41, 5.74) is 7.53. The van der Waals surface area contributed by atoms with E-state index in [0.29, 0.717) is 18.5 Å². The Bertz CT molecular complexity index is 438. The van der Waals surface area contributed by atoms with Crippen molar-refractivity contribution in [2.75, 3.05) is 13.1 Å². The predicted molar refractivity (Wildman–Crippen MR) is 78.1 cm³/mol. The van der Waals surface area contributed by atoms with Gasteiger partial charge in [0.1, 0.15) is 0 Å². The molecule has 104 valence electrons. The first kappa shape index (κ1) is 14.1. The Kier molecular flexibility index (Phi) is 4.59. The fourth-order valence-electron chi connectivity index (χ4n) is 2.37. The Morgan fingerprint density at radius 2 is 2.16 bits per heavy atom. The third kappa shape index (κ3) is 3.80. The maximum atomic E-state index is 12.6. The lowest BCUT2D eigenvalue weighted by molar-refractivity contribution is 0.0722. The summed E-state index contributed by atoms with van der Waals surface area (Å²) in [4.78, 5) is 14.7. The number of rotatable bonds is 6. The quantitative estimate of drug-likeness (QED) is 0.854. The maximum Gasteiger partial charge on any atom is 0.254 e. The van der Waals surface area contributed by atoms with Crippen molar-refractivity contribution in [2.24, 2.45) is 11.7 Å². The van der Waals surface area contributed by atoms with Crippen LogP contribution in [-0.2, 0) is 6.42 Å². The number of carbonyl (C=O) groups excluding carboxylic acids is 1. The number of benzene rings is 1. The van der Waals surface area contributed by atoms with E-state index in [1.165, 1.54) is 0 Å². The van der Waals surface area contributed by atoms with Crippen LogP contribution in [0.5, 0.6) is 0 Å². The predicted octanol–water partition coefficient (Wildman–Crippen LogP) is 2.45. The van der Waals surface area contributed by atoms with Crippen molar-refractivity contribution in [3.63, 3.8) is 0 Å². The van der Waals surface area contributed by atoms with Crippen molar-refractivity contribution in [2.45, 2.75) is 39.2 Å². The number of hydrogen-bond donors (Lipinski definition) is 1. The molecule has 19 heavy (non-hydrogen) atoms. The van der Waals surface area contributed by atoms with E-state index in [9.17, 15) is 4.79 Å². The lowest BCUT2D eigenvalue weighted by atomic mass is 10.1. The summed E-state index contributed by atoms with van der Waals surface area (Å²) in [6, 6.07) is 8.36. The summed E-state index contributed by atoms with van der Waals surface area (Å²) in [5, 5.41) is 0. The third-order valence-electron chi connectivity index (χ3n) is 3.42. The minimum absolute atomic E-state index is 0.176. The van der Waals surface area contributed by atoms with Crippen LogP contribution in [0.15, 0.2) is 24.3 Å². The van der Waals surface area contributed by atoms with Gasteiger partial charge in [0.25, 0.3) is 5.91 Å². The minimum Gasteiger partial charge on any atom is -0.335 e. The number of carbonyl (C=O) groups is 1. The third-order valence-corrected chi connectivity index (χ3v) is 3.42. The molecule has 2 N–H and O–H groups in total. The average Bonchev–Trinajstić information content (AvgIpc) is 3.20. The van der Waals surface area contributed by atoms with E-state index in [4.69, 9.17) is 5.73 Å². The van der Waals surface area contributed by atoms with Gasteiger partial charge in [0.05, 0.1) is 0 Å². The standard InChI is InChI=1S/C16H24N2O/c1-12(2)11-18(15-6-7-15)16(19)14-5-3-4-13(10-14)8-9-17/h3-5,10,12,15H,6-9,11,17H2,1-2H3. The Balaban J connectivity index is 2.14. The maximum absolute atomic E-state index is 12.6. The van der Waals surface area contributed by atoms with Gasteiger partial charge < -0.3 is 10.6 Å². The monoisotopic (exact) mass is 260 g/mol. The van der Waals surface area contributed by atoms with Crippen LogP contribution in [-0.4, -0.2) is 29.9 Å². The summed E-state index contributed by atoms with van der Waals surface area (Å²) in [5.74, 6) is 0.687. The second-order valence-corrected chi connectivity index (χ2v) is 5.82.